The lowest BCUT2D eigenvalue weighted by atomic mass is 9.90. The molecular weight excluding hydrogens is 424 g/mol. The van der Waals surface area contributed by atoms with Gasteiger partial charge in [-0.3, -0.25) is 4.79 Å². The zero-order valence-electron chi connectivity index (χ0n) is 18.5. The molecule has 172 valence electrons. The van der Waals surface area contributed by atoms with E-state index < -0.39 is 20.0 Å². The molecule has 1 amide bonds. The van der Waals surface area contributed by atoms with Crippen molar-refractivity contribution in [3.05, 3.63) is 24.3 Å². The van der Waals surface area contributed by atoms with Crippen LogP contribution < -0.4 is 9.44 Å². The second-order valence-electron chi connectivity index (χ2n) is 8.81. The smallest absolute Gasteiger partial charge is 0.253 e. The second-order valence-corrected chi connectivity index (χ2v) is 12.6. The molecule has 0 saturated heterocycles. The van der Waals surface area contributed by atoms with Crippen LogP contribution in [0, 0.1) is 5.41 Å². The van der Waals surface area contributed by atoms with E-state index in [1.165, 1.54) is 24.3 Å². The van der Waals surface area contributed by atoms with Crippen LogP contribution in [0.25, 0.3) is 0 Å². The van der Waals surface area contributed by atoms with Gasteiger partial charge in [0.15, 0.2) is 0 Å². The zero-order valence-corrected chi connectivity index (χ0v) is 20.2. The van der Waals surface area contributed by atoms with E-state index in [0.29, 0.717) is 18.5 Å². The number of unbranched alkanes of at least 4 members (excludes halogenated alkanes) is 5. The fourth-order valence-corrected chi connectivity index (χ4v) is 5.89. The van der Waals surface area contributed by atoms with E-state index in [0.717, 1.165) is 38.5 Å². The van der Waals surface area contributed by atoms with Crippen LogP contribution in [-0.2, 0) is 24.8 Å². The Bertz CT molecular complexity index is 871. The molecule has 7 nitrogen and oxygen atoms in total. The first-order valence-corrected chi connectivity index (χ1v) is 13.6. The van der Waals surface area contributed by atoms with Gasteiger partial charge < -0.3 is 5.32 Å². The normalized spacial score (nSPS) is 12.7. The Balaban J connectivity index is 2.60. The Morgan fingerprint density at radius 2 is 1.47 bits per heavy atom. The van der Waals surface area contributed by atoms with Crippen LogP contribution in [0.5, 0.6) is 0 Å². The van der Waals surface area contributed by atoms with E-state index in [1.807, 2.05) is 20.8 Å². The number of anilines is 1. The van der Waals surface area contributed by atoms with E-state index >= 15 is 0 Å². The Morgan fingerprint density at radius 3 is 2.03 bits per heavy atom. The van der Waals surface area contributed by atoms with Crippen molar-refractivity contribution in [1.29, 1.82) is 0 Å². The van der Waals surface area contributed by atoms with E-state index in [4.69, 9.17) is 0 Å². The highest BCUT2D eigenvalue weighted by atomic mass is 32.3. The Labute approximate surface area is 182 Å². The number of rotatable bonds is 13. The van der Waals surface area contributed by atoms with Crippen molar-refractivity contribution in [3.63, 3.8) is 0 Å². The van der Waals surface area contributed by atoms with Crippen molar-refractivity contribution >= 4 is 31.6 Å². The predicted molar refractivity (Wildman–Crippen MR) is 121 cm³/mol. The van der Waals surface area contributed by atoms with E-state index in [9.17, 15) is 21.6 Å². The molecule has 0 aliphatic carbocycles. The average molecular weight is 461 g/mol. The maximum Gasteiger partial charge on any atom is 0.253 e. The van der Waals surface area contributed by atoms with Crippen molar-refractivity contribution < 1.29 is 21.6 Å². The molecule has 9 heteroatoms. The van der Waals surface area contributed by atoms with Crippen molar-refractivity contribution in [2.24, 2.45) is 5.41 Å². The Hall–Kier alpha value is -1.45. The van der Waals surface area contributed by atoms with Crippen molar-refractivity contribution in [2.45, 2.75) is 84.0 Å². The molecule has 0 spiro atoms. The van der Waals surface area contributed by atoms with Gasteiger partial charge in [0.25, 0.3) is 10.0 Å². The number of carbonyl (C=O) groups excluding carboxylic acids is 1. The topological polar surface area (TPSA) is 109 Å². The van der Waals surface area contributed by atoms with Gasteiger partial charge in [-0.1, -0.05) is 59.8 Å². The summed E-state index contributed by atoms with van der Waals surface area (Å²) in [5.74, 6) is -0.375. The van der Waals surface area contributed by atoms with Crippen LogP contribution >= 0.6 is 0 Å². The predicted octanol–water partition coefficient (Wildman–Crippen LogP) is 4.42. The molecule has 30 heavy (non-hydrogen) atoms. The highest BCUT2D eigenvalue weighted by Gasteiger charge is 2.22. The minimum atomic E-state index is -4.19. The monoisotopic (exact) mass is 460 g/mol. The maximum atomic E-state index is 12.4. The molecule has 0 atom stereocenters. The summed E-state index contributed by atoms with van der Waals surface area (Å²) >= 11 is 0. The van der Waals surface area contributed by atoms with Crippen LogP contribution in [0.3, 0.4) is 0 Å². The molecule has 0 unspecified atom stereocenters. The van der Waals surface area contributed by atoms with Crippen LogP contribution in [0.15, 0.2) is 29.2 Å². The minimum absolute atomic E-state index is 0.0436. The lowest BCUT2D eigenvalue weighted by Gasteiger charge is -2.17. The molecule has 1 aromatic carbocycles. The molecule has 1 aromatic rings. The van der Waals surface area contributed by atoms with E-state index in [-0.39, 0.29) is 22.0 Å². The summed E-state index contributed by atoms with van der Waals surface area (Å²) in [5.41, 5.74) is 0.505. The first kappa shape index (κ1) is 26.6. The fraction of sp³-hybridized carbons (Fsp3) is 0.667. The highest BCUT2D eigenvalue weighted by molar-refractivity contribution is 8.04. The Kier molecular flexibility index (Phi) is 10.5. The van der Waals surface area contributed by atoms with Crippen LogP contribution in [0.1, 0.15) is 79.1 Å². The van der Waals surface area contributed by atoms with Gasteiger partial charge in [0.1, 0.15) is 0 Å². The zero-order chi connectivity index (χ0) is 22.8. The summed E-state index contributed by atoms with van der Waals surface area (Å²) < 4.78 is 50.8. The third-order valence-electron chi connectivity index (χ3n) is 4.55. The van der Waals surface area contributed by atoms with Crippen LogP contribution in [0.2, 0.25) is 0 Å². The van der Waals surface area contributed by atoms with E-state index in [1.54, 1.807) is 4.13 Å². The molecule has 0 aromatic heterocycles. The van der Waals surface area contributed by atoms with Gasteiger partial charge in [0.2, 0.25) is 15.9 Å². The standard InChI is InChI=1S/C21H36N2O5S2/c1-5-6-7-8-9-10-17-29(25,26)23-30(27,28)19-13-11-18(12-14-19)22-20(24)15-16-21(2,3)4/h11-14,23H,5-10,15-17H2,1-4H3,(H,22,24). The highest BCUT2D eigenvalue weighted by Crippen LogP contribution is 2.21. The number of hydrogen-bond donors (Lipinski definition) is 2. The SMILES string of the molecule is CCCCCCCCS(=O)(=O)NS(=O)(=O)c1ccc(NC(=O)CCC(C)(C)C)cc1. The lowest BCUT2D eigenvalue weighted by Crippen LogP contribution is -2.32. The summed E-state index contributed by atoms with van der Waals surface area (Å²) in [5, 5.41) is 2.72. The van der Waals surface area contributed by atoms with Gasteiger partial charge >= 0.3 is 0 Å². The van der Waals surface area contributed by atoms with Crippen LogP contribution in [-0.4, -0.2) is 28.5 Å². The molecule has 0 heterocycles. The lowest BCUT2D eigenvalue weighted by molar-refractivity contribution is -0.116. The first-order chi connectivity index (χ1) is 13.8. The van der Waals surface area contributed by atoms with E-state index in [2.05, 4.69) is 12.2 Å². The number of hydrogen-bond acceptors (Lipinski definition) is 5. The molecule has 0 saturated carbocycles. The average Bonchev–Trinajstić information content (AvgIpc) is 2.62. The largest absolute Gasteiger partial charge is 0.326 e. The van der Waals surface area contributed by atoms with Crippen molar-refractivity contribution in [2.75, 3.05) is 11.1 Å². The van der Waals surface area contributed by atoms with Gasteiger partial charge in [0, 0.05) is 12.1 Å². The molecule has 0 fully saturated rings. The second kappa shape index (κ2) is 11.8. The van der Waals surface area contributed by atoms with Crippen molar-refractivity contribution in [3.8, 4) is 0 Å². The molecule has 0 bridgehead atoms. The van der Waals surface area contributed by atoms with Gasteiger partial charge in [-0.05, 0) is 42.5 Å². The number of carbonyl (C=O) groups is 1. The molecule has 0 aliphatic rings. The third kappa shape index (κ3) is 11.1. The quantitative estimate of drug-likeness (QED) is 0.424. The number of sulfonamides is 2. The molecule has 0 aliphatic heterocycles. The first-order valence-electron chi connectivity index (χ1n) is 10.5. The number of nitrogens with one attached hydrogen (secondary N) is 2. The molecular formula is C21H36N2O5S2. The van der Waals surface area contributed by atoms with Gasteiger partial charge in [-0.2, -0.15) is 0 Å². The summed E-state index contributed by atoms with van der Waals surface area (Å²) in [6, 6.07) is 5.46. The molecule has 2 N–H and O–H groups in total. The van der Waals surface area contributed by atoms with Gasteiger partial charge in [-0.15, -0.1) is 4.13 Å². The van der Waals surface area contributed by atoms with Gasteiger partial charge in [0.05, 0.1) is 10.6 Å². The third-order valence-corrected chi connectivity index (χ3v) is 8.17. The minimum Gasteiger partial charge on any atom is -0.326 e. The van der Waals surface area contributed by atoms with Gasteiger partial charge in [-0.25, -0.2) is 16.8 Å². The summed E-state index contributed by atoms with van der Waals surface area (Å²) in [6.45, 7) is 8.25. The molecule has 1 rings (SSSR count). The summed E-state index contributed by atoms with van der Waals surface area (Å²) in [4.78, 5) is 11.8. The number of benzene rings is 1. The summed E-state index contributed by atoms with van der Waals surface area (Å²) in [7, 11) is -8.13. The Morgan fingerprint density at radius 1 is 0.900 bits per heavy atom. The van der Waals surface area contributed by atoms with Crippen molar-refractivity contribution in [1.82, 2.24) is 4.13 Å². The van der Waals surface area contributed by atoms with Crippen LogP contribution in [0.4, 0.5) is 5.69 Å². The fourth-order valence-electron chi connectivity index (χ4n) is 2.76. The molecule has 0 radical (unpaired) electrons. The summed E-state index contributed by atoms with van der Waals surface area (Å²) in [6.07, 6.45) is 6.50. The number of amides is 1. The maximum absolute atomic E-state index is 12.4.